The minimum absolute atomic E-state index is 0.563. The Labute approximate surface area is 87.8 Å². The van der Waals surface area contributed by atoms with Gasteiger partial charge in [0, 0.05) is 15.0 Å². The lowest BCUT2D eigenvalue weighted by Crippen LogP contribution is -2.00. The first-order valence-corrected chi connectivity index (χ1v) is 5.03. The van der Waals surface area contributed by atoms with Crippen molar-refractivity contribution in [3.05, 3.63) is 29.1 Å². The monoisotopic (exact) mass is 234 g/mol. The molecule has 0 fully saturated rings. The van der Waals surface area contributed by atoms with Gasteiger partial charge in [0.2, 0.25) is 0 Å². The Kier molecular flexibility index (Phi) is 2.23. The summed E-state index contributed by atoms with van der Waals surface area (Å²) in [6.07, 6.45) is -4.26. The van der Waals surface area contributed by atoms with E-state index in [9.17, 15) is 13.2 Å². The maximum absolute atomic E-state index is 12.3. The van der Waals surface area contributed by atoms with Crippen LogP contribution in [0.4, 0.5) is 13.2 Å². The molecular weight excluding hydrogens is 229 g/mol. The third kappa shape index (κ3) is 1.62. The molecular formula is C9H5F3S2. The third-order valence-corrected chi connectivity index (χ3v) is 3.35. The number of halogens is 3. The van der Waals surface area contributed by atoms with E-state index >= 15 is 0 Å². The van der Waals surface area contributed by atoms with Gasteiger partial charge in [0.1, 0.15) is 4.88 Å². The zero-order valence-corrected chi connectivity index (χ0v) is 8.51. The summed E-state index contributed by atoms with van der Waals surface area (Å²) in [6.45, 7) is 0. The Morgan fingerprint density at radius 1 is 1.21 bits per heavy atom. The van der Waals surface area contributed by atoms with E-state index in [0.29, 0.717) is 15.0 Å². The van der Waals surface area contributed by atoms with E-state index in [-0.39, 0.29) is 0 Å². The van der Waals surface area contributed by atoms with Crippen LogP contribution in [0, 0.1) is 0 Å². The molecule has 0 unspecified atom stereocenters. The molecule has 0 N–H and O–H groups in total. The van der Waals surface area contributed by atoms with Gasteiger partial charge in [-0.3, -0.25) is 0 Å². The summed E-state index contributed by atoms with van der Waals surface area (Å²) in [6, 6.07) is 6.18. The van der Waals surface area contributed by atoms with Crippen molar-refractivity contribution < 1.29 is 13.2 Å². The lowest BCUT2D eigenvalue weighted by atomic mass is 10.2. The highest BCUT2D eigenvalue weighted by molar-refractivity contribution is 7.80. The quantitative estimate of drug-likeness (QED) is 0.648. The maximum Gasteiger partial charge on any atom is 0.425 e. The average molecular weight is 234 g/mol. The molecule has 0 aliphatic rings. The Balaban J connectivity index is 2.69. The van der Waals surface area contributed by atoms with E-state index in [4.69, 9.17) is 0 Å². The second-order valence-electron chi connectivity index (χ2n) is 2.80. The number of thiophene rings is 1. The normalized spacial score (nSPS) is 12.3. The Morgan fingerprint density at radius 3 is 2.50 bits per heavy atom. The fraction of sp³-hybridized carbons (Fsp3) is 0.111. The number of fused-ring (bicyclic) bond motifs is 1. The molecule has 0 spiro atoms. The molecule has 0 aliphatic heterocycles. The lowest BCUT2D eigenvalue weighted by Gasteiger charge is -1.99. The fourth-order valence-corrected chi connectivity index (χ4v) is 2.49. The average Bonchev–Trinajstić information content (AvgIpc) is 2.48. The van der Waals surface area contributed by atoms with Gasteiger partial charge in [-0.25, -0.2) is 0 Å². The molecule has 0 saturated heterocycles. The molecule has 74 valence electrons. The van der Waals surface area contributed by atoms with Gasteiger partial charge in [0.05, 0.1) is 0 Å². The number of rotatable bonds is 0. The minimum atomic E-state index is -4.26. The molecule has 2 aromatic rings. The molecule has 0 atom stereocenters. The summed E-state index contributed by atoms with van der Waals surface area (Å²) in [5.74, 6) is 0. The molecule has 14 heavy (non-hydrogen) atoms. The molecule has 1 heterocycles. The highest BCUT2D eigenvalue weighted by Gasteiger charge is 2.32. The first kappa shape index (κ1) is 9.86. The zero-order valence-electron chi connectivity index (χ0n) is 6.80. The number of alkyl halides is 3. The summed E-state index contributed by atoms with van der Waals surface area (Å²) in [5, 5.41) is 0.563. The Morgan fingerprint density at radius 2 is 1.93 bits per heavy atom. The van der Waals surface area contributed by atoms with Gasteiger partial charge in [0.15, 0.2) is 0 Å². The van der Waals surface area contributed by atoms with E-state index in [1.165, 1.54) is 0 Å². The van der Waals surface area contributed by atoms with Crippen LogP contribution in [-0.4, -0.2) is 0 Å². The topological polar surface area (TPSA) is 0 Å². The molecule has 0 nitrogen and oxygen atoms in total. The van der Waals surface area contributed by atoms with Gasteiger partial charge in [-0.1, -0.05) is 6.07 Å². The molecule has 0 bridgehead atoms. The standard InChI is InChI=1S/C9H5F3S2/c10-9(11,12)8-4-5-6(13)2-1-3-7(5)14-8/h1-4,13H. The van der Waals surface area contributed by atoms with Crippen LogP contribution in [0.15, 0.2) is 29.2 Å². The van der Waals surface area contributed by atoms with Gasteiger partial charge in [-0.05, 0) is 18.2 Å². The minimum Gasteiger partial charge on any atom is -0.165 e. The van der Waals surface area contributed by atoms with Gasteiger partial charge < -0.3 is 0 Å². The Hall–Kier alpha value is -0.680. The van der Waals surface area contributed by atoms with Gasteiger partial charge in [-0.2, -0.15) is 13.2 Å². The van der Waals surface area contributed by atoms with Crippen molar-refractivity contribution in [1.29, 1.82) is 0 Å². The van der Waals surface area contributed by atoms with Crippen molar-refractivity contribution in [1.82, 2.24) is 0 Å². The molecule has 1 aromatic heterocycles. The second kappa shape index (κ2) is 3.17. The first-order valence-electron chi connectivity index (χ1n) is 3.77. The SMILES string of the molecule is FC(F)(F)c1cc2c(S)cccc2s1. The summed E-state index contributed by atoms with van der Waals surface area (Å²) in [4.78, 5) is 0.00301. The van der Waals surface area contributed by atoms with Crippen LogP contribution in [0.5, 0.6) is 0 Å². The fourth-order valence-electron chi connectivity index (χ4n) is 1.19. The largest absolute Gasteiger partial charge is 0.425 e. The number of hydrogen-bond acceptors (Lipinski definition) is 2. The van der Waals surface area contributed by atoms with E-state index in [2.05, 4.69) is 12.6 Å². The molecule has 0 saturated carbocycles. The van der Waals surface area contributed by atoms with Crippen molar-refractivity contribution in [2.75, 3.05) is 0 Å². The van der Waals surface area contributed by atoms with Crippen LogP contribution in [0.1, 0.15) is 4.88 Å². The van der Waals surface area contributed by atoms with Gasteiger partial charge in [-0.15, -0.1) is 24.0 Å². The van der Waals surface area contributed by atoms with E-state index in [1.807, 2.05) is 0 Å². The van der Waals surface area contributed by atoms with Crippen LogP contribution in [-0.2, 0) is 6.18 Å². The second-order valence-corrected chi connectivity index (χ2v) is 4.36. The van der Waals surface area contributed by atoms with Crippen molar-refractivity contribution in [3.8, 4) is 0 Å². The Bertz CT molecular complexity index is 470. The summed E-state index contributed by atoms with van der Waals surface area (Å²) >= 11 is 4.84. The highest BCUT2D eigenvalue weighted by Crippen LogP contribution is 2.39. The van der Waals surface area contributed by atoms with Gasteiger partial charge >= 0.3 is 6.18 Å². The van der Waals surface area contributed by atoms with Crippen LogP contribution < -0.4 is 0 Å². The van der Waals surface area contributed by atoms with Crippen LogP contribution in [0.2, 0.25) is 0 Å². The van der Waals surface area contributed by atoms with E-state index in [0.717, 1.165) is 17.4 Å². The number of thiol groups is 1. The number of hydrogen-bond donors (Lipinski definition) is 1. The summed E-state index contributed by atoms with van der Waals surface area (Å²) in [5.41, 5.74) is 0. The smallest absolute Gasteiger partial charge is 0.165 e. The van der Waals surface area contributed by atoms with E-state index < -0.39 is 11.1 Å². The van der Waals surface area contributed by atoms with Crippen molar-refractivity contribution in [2.45, 2.75) is 11.1 Å². The molecule has 0 radical (unpaired) electrons. The third-order valence-electron chi connectivity index (χ3n) is 1.82. The van der Waals surface area contributed by atoms with Crippen LogP contribution >= 0.6 is 24.0 Å². The lowest BCUT2D eigenvalue weighted by molar-refractivity contribution is -0.134. The molecule has 1 aromatic carbocycles. The van der Waals surface area contributed by atoms with E-state index in [1.54, 1.807) is 18.2 Å². The van der Waals surface area contributed by atoms with Crippen molar-refractivity contribution in [2.24, 2.45) is 0 Å². The molecule has 0 amide bonds. The van der Waals surface area contributed by atoms with Crippen LogP contribution in [0.25, 0.3) is 10.1 Å². The highest BCUT2D eigenvalue weighted by atomic mass is 32.1. The molecule has 2 rings (SSSR count). The maximum atomic E-state index is 12.3. The van der Waals surface area contributed by atoms with Crippen molar-refractivity contribution >= 4 is 34.1 Å². The van der Waals surface area contributed by atoms with Crippen molar-refractivity contribution in [3.63, 3.8) is 0 Å². The predicted octanol–water partition coefficient (Wildman–Crippen LogP) is 4.21. The summed E-state index contributed by atoms with van der Waals surface area (Å²) in [7, 11) is 0. The zero-order chi connectivity index (χ0) is 10.3. The first-order chi connectivity index (χ1) is 6.48. The van der Waals surface area contributed by atoms with Crippen LogP contribution in [0.3, 0.4) is 0 Å². The molecule has 5 heteroatoms. The summed E-state index contributed by atoms with van der Waals surface area (Å²) < 4.78 is 37.6. The molecule has 0 aliphatic carbocycles. The predicted molar refractivity (Wildman–Crippen MR) is 54.1 cm³/mol. The number of benzene rings is 1. The van der Waals surface area contributed by atoms with Gasteiger partial charge in [0.25, 0.3) is 0 Å².